The van der Waals surface area contributed by atoms with Crippen LogP contribution in [0.4, 0.5) is 0 Å². The van der Waals surface area contributed by atoms with Crippen LogP contribution in [-0.4, -0.2) is 18.0 Å². The molecule has 0 aliphatic carbocycles. The highest BCUT2D eigenvalue weighted by Crippen LogP contribution is 2.32. The Morgan fingerprint density at radius 1 is 1.21 bits per heavy atom. The van der Waals surface area contributed by atoms with Gasteiger partial charge in [-0.15, -0.1) is 0 Å². The van der Waals surface area contributed by atoms with Crippen molar-refractivity contribution in [2.75, 3.05) is 0 Å². The zero-order valence-corrected chi connectivity index (χ0v) is 9.96. The van der Waals surface area contributed by atoms with Gasteiger partial charge in [-0.05, 0) is 41.0 Å². The van der Waals surface area contributed by atoms with Crippen molar-refractivity contribution in [2.24, 2.45) is 0 Å². The Labute approximate surface area is 87.3 Å². The Bertz CT molecular complexity index is 206. The van der Waals surface area contributed by atoms with Gasteiger partial charge in [0.15, 0.2) is 5.79 Å². The Hall–Kier alpha value is -0.340. The first-order chi connectivity index (χ1) is 6.43. The molecule has 0 saturated carbocycles. The molecule has 14 heavy (non-hydrogen) atoms. The van der Waals surface area contributed by atoms with Gasteiger partial charge < -0.3 is 9.47 Å². The Morgan fingerprint density at radius 3 is 2.14 bits per heavy atom. The molecule has 0 aromatic carbocycles. The fraction of sp³-hybridized carbons (Fsp3) is 0.833. The Morgan fingerprint density at radius 2 is 1.71 bits per heavy atom. The standard InChI is InChI=1S/C12H22O2/c1-9(2)7-6-8-12(5)13-10(3)11(4)14-12/h7,10-11H,6,8H2,1-5H3. The van der Waals surface area contributed by atoms with Gasteiger partial charge in [0.1, 0.15) is 0 Å². The molecular formula is C12H22O2. The first kappa shape index (κ1) is 11.7. The normalized spacial score (nSPS) is 37.2. The molecule has 0 amide bonds. The van der Waals surface area contributed by atoms with Crippen molar-refractivity contribution in [3.05, 3.63) is 11.6 Å². The van der Waals surface area contributed by atoms with Crippen LogP contribution < -0.4 is 0 Å². The third kappa shape index (κ3) is 3.10. The number of ether oxygens (including phenoxy) is 2. The molecule has 0 bridgehead atoms. The second-order valence-corrected chi connectivity index (χ2v) is 4.60. The molecule has 2 heteroatoms. The summed E-state index contributed by atoms with van der Waals surface area (Å²) in [5.41, 5.74) is 1.35. The number of hydrogen-bond donors (Lipinski definition) is 0. The van der Waals surface area contributed by atoms with E-state index in [1.165, 1.54) is 5.57 Å². The van der Waals surface area contributed by atoms with Crippen molar-refractivity contribution in [1.82, 2.24) is 0 Å². The van der Waals surface area contributed by atoms with Crippen molar-refractivity contribution in [3.63, 3.8) is 0 Å². The van der Waals surface area contributed by atoms with E-state index in [9.17, 15) is 0 Å². The van der Waals surface area contributed by atoms with Crippen LogP contribution >= 0.6 is 0 Å². The average molecular weight is 198 g/mol. The number of allylic oxidation sites excluding steroid dienone is 2. The van der Waals surface area contributed by atoms with Crippen LogP contribution in [0.15, 0.2) is 11.6 Å². The van der Waals surface area contributed by atoms with E-state index in [0.717, 1.165) is 12.8 Å². The second-order valence-electron chi connectivity index (χ2n) is 4.60. The largest absolute Gasteiger partial charge is 0.345 e. The van der Waals surface area contributed by atoms with Crippen LogP contribution in [0.25, 0.3) is 0 Å². The maximum absolute atomic E-state index is 5.79. The van der Waals surface area contributed by atoms with E-state index in [-0.39, 0.29) is 18.0 Å². The molecular weight excluding hydrogens is 176 g/mol. The molecule has 1 aliphatic rings. The Balaban J connectivity index is 2.41. The highest BCUT2D eigenvalue weighted by molar-refractivity contribution is 4.94. The summed E-state index contributed by atoms with van der Waals surface area (Å²) < 4.78 is 11.6. The molecule has 0 aromatic heterocycles. The van der Waals surface area contributed by atoms with Crippen LogP contribution in [0.2, 0.25) is 0 Å². The van der Waals surface area contributed by atoms with Gasteiger partial charge in [0.05, 0.1) is 12.2 Å². The van der Waals surface area contributed by atoms with Crippen LogP contribution in [-0.2, 0) is 9.47 Å². The molecule has 1 heterocycles. The molecule has 1 aliphatic heterocycles. The van der Waals surface area contributed by atoms with Gasteiger partial charge in [-0.3, -0.25) is 0 Å². The topological polar surface area (TPSA) is 18.5 Å². The summed E-state index contributed by atoms with van der Waals surface area (Å²) in [6.45, 7) is 10.4. The van der Waals surface area contributed by atoms with Crippen LogP contribution in [0.5, 0.6) is 0 Å². The van der Waals surface area contributed by atoms with Crippen LogP contribution in [0.3, 0.4) is 0 Å². The summed E-state index contributed by atoms with van der Waals surface area (Å²) in [6.07, 6.45) is 4.62. The summed E-state index contributed by atoms with van der Waals surface area (Å²) in [7, 11) is 0. The lowest BCUT2D eigenvalue weighted by Gasteiger charge is -2.22. The van der Waals surface area contributed by atoms with E-state index < -0.39 is 0 Å². The molecule has 1 fully saturated rings. The second kappa shape index (κ2) is 4.45. The van der Waals surface area contributed by atoms with Crippen molar-refractivity contribution in [1.29, 1.82) is 0 Å². The van der Waals surface area contributed by atoms with Crippen LogP contribution in [0.1, 0.15) is 47.5 Å². The van der Waals surface area contributed by atoms with Gasteiger partial charge in [-0.1, -0.05) is 11.6 Å². The van der Waals surface area contributed by atoms with Crippen molar-refractivity contribution < 1.29 is 9.47 Å². The number of rotatable bonds is 3. The van der Waals surface area contributed by atoms with Gasteiger partial charge in [0, 0.05) is 6.42 Å². The lowest BCUT2D eigenvalue weighted by Crippen LogP contribution is -2.26. The van der Waals surface area contributed by atoms with E-state index in [4.69, 9.17) is 9.47 Å². The van der Waals surface area contributed by atoms with E-state index >= 15 is 0 Å². The van der Waals surface area contributed by atoms with E-state index in [0.29, 0.717) is 0 Å². The summed E-state index contributed by atoms with van der Waals surface area (Å²) >= 11 is 0. The predicted molar refractivity (Wildman–Crippen MR) is 58.2 cm³/mol. The fourth-order valence-electron chi connectivity index (χ4n) is 1.75. The molecule has 0 radical (unpaired) electrons. The fourth-order valence-corrected chi connectivity index (χ4v) is 1.75. The number of hydrogen-bond acceptors (Lipinski definition) is 2. The zero-order chi connectivity index (χ0) is 10.8. The van der Waals surface area contributed by atoms with E-state index in [1.54, 1.807) is 0 Å². The first-order valence-corrected chi connectivity index (χ1v) is 5.42. The summed E-state index contributed by atoms with van der Waals surface area (Å²) in [5, 5.41) is 0. The molecule has 2 atom stereocenters. The molecule has 0 N–H and O–H groups in total. The Kier molecular flexibility index (Phi) is 3.73. The molecule has 0 spiro atoms. The predicted octanol–water partition coefficient (Wildman–Crippen LogP) is 3.27. The maximum Gasteiger partial charge on any atom is 0.166 e. The van der Waals surface area contributed by atoms with Crippen molar-refractivity contribution in [3.8, 4) is 0 Å². The summed E-state index contributed by atoms with van der Waals surface area (Å²) in [5.74, 6) is -0.370. The average Bonchev–Trinajstić information content (AvgIpc) is 2.25. The lowest BCUT2D eigenvalue weighted by molar-refractivity contribution is -0.162. The lowest BCUT2D eigenvalue weighted by atomic mass is 10.1. The van der Waals surface area contributed by atoms with Crippen molar-refractivity contribution in [2.45, 2.75) is 65.5 Å². The van der Waals surface area contributed by atoms with Gasteiger partial charge >= 0.3 is 0 Å². The maximum atomic E-state index is 5.79. The minimum atomic E-state index is -0.370. The van der Waals surface area contributed by atoms with E-state index in [2.05, 4.69) is 33.8 Å². The highest BCUT2D eigenvalue weighted by atomic mass is 16.7. The molecule has 1 rings (SSSR count). The summed E-state index contributed by atoms with van der Waals surface area (Å²) in [6, 6.07) is 0. The third-order valence-corrected chi connectivity index (χ3v) is 2.68. The molecule has 82 valence electrons. The van der Waals surface area contributed by atoms with E-state index in [1.807, 2.05) is 6.92 Å². The SMILES string of the molecule is CC(C)=CCCC1(C)OC(C)C(C)O1. The van der Waals surface area contributed by atoms with Gasteiger partial charge in [0.25, 0.3) is 0 Å². The van der Waals surface area contributed by atoms with Crippen molar-refractivity contribution >= 4 is 0 Å². The first-order valence-electron chi connectivity index (χ1n) is 5.42. The summed E-state index contributed by atoms with van der Waals surface area (Å²) in [4.78, 5) is 0. The van der Waals surface area contributed by atoms with Gasteiger partial charge in [0.2, 0.25) is 0 Å². The highest BCUT2D eigenvalue weighted by Gasteiger charge is 2.39. The van der Waals surface area contributed by atoms with Gasteiger partial charge in [-0.25, -0.2) is 0 Å². The molecule has 2 nitrogen and oxygen atoms in total. The minimum Gasteiger partial charge on any atom is -0.345 e. The molecule has 0 aromatic rings. The zero-order valence-electron chi connectivity index (χ0n) is 9.96. The van der Waals surface area contributed by atoms with Gasteiger partial charge in [-0.2, -0.15) is 0 Å². The smallest absolute Gasteiger partial charge is 0.166 e. The quantitative estimate of drug-likeness (QED) is 0.648. The molecule has 2 unspecified atom stereocenters. The molecule has 1 saturated heterocycles. The minimum absolute atomic E-state index is 0.215. The monoisotopic (exact) mass is 198 g/mol. The van der Waals surface area contributed by atoms with Crippen LogP contribution in [0, 0.1) is 0 Å². The third-order valence-electron chi connectivity index (χ3n) is 2.68.